The zero-order valence-corrected chi connectivity index (χ0v) is 20.4. The molecule has 0 bridgehead atoms. The standard InChI is InChI=1S/C28H25ClN2O4/c1-18-11-12-23(25(13-18)33-2)28(32)31-30-16-19-14-24(29)27(26(15-19)34-3)35-17-21-9-6-8-20-7-4-5-10-22(20)21/h4-16H,17H2,1-3H3,(H,31,32)/b30-16-. The highest BCUT2D eigenvalue weighted by atomic mass is 35.5. The first-order valence-electron chi connectivity index (χ1n) is 10.9. The largest absolute Gasteiger partial charge is 0.496 e. The van der Waals surface area contributed by atoms with Crippen molar-refractivity contribution < 1.29 is 19.0 Å². The Bertz CT molecular complexity index is 1400. The number of aryl methyl sites for hydroxylation is 1. The zero-order valence-electron chi connectivity index (χ0n) is 19.7. The van der Waals surface area contributed by atoms with Gasteiger partial charge in [-0.05, 0) is 58.7 Å². The number of amides is 1. The van der Waals surface area contributed by atoms with Crippen LogP contribution >= 0.6 is 11.6 Å². The molecule has 0 aliphatic carbocycles. The van der Waals surface area contributed by atoms with E-state index in [9.17, 15) is 4.79 Å². The van der Waals surface area contributed by atoms with Crippen LogP contribution in [0, 0.1) is 6.92 Å². The number of methoxy groups -OCH3 is 2. The fourth-order valence-corrected chi connectivity index (χ4v) is 4.01. The van der Waals surface area contributed by atoms with Gasteiger partial charge in [-0.25, -0.2) is 5.43 Å². The quantitative estimate of drug-likeness (QED) is 0.238. The van der Waals surface area contributed by atoms with Gasteiger partial charge in [0.2, 0.25) is 0 Å². The second-order valence-electron chi connectivity index (χ2n) is 7.86. The van der Waals surface area contributed by atoms with Crippen LogP contribution in [-0.2, 0) is 6.61 Å². The Balaban J connectivity index is 1.48. The molecule has 0 atom stereocenters. The SMILES string of the molecule is COc1cc(C)ccc1C(=O)N/N=C\c1cc(Cl)c(OCc2cccc3ccccc23)c(OC)c1. The maximum absolute atomic E-state index is 12.5. The molecule has 4 aromatic rings. The molecule has 0 aromatic heterocycles. The van der Waals surface area contributed by atoms with Crippen molar-refractivity contribution in [3.63, 3.8) is 0 Å². The lowest BCUT2D eigenvalue weighted by Crippen LogP contribution is -2.18. The van der Waals surface area contributed by atoms with Gasteiger partial charge in [0.1, 0.15) is 12.4 Å². The van der Waals surface area contributed by atoms with Crippen molar-refractivity contribution in [1.82, 2.24) is 5.43 Å². The molecular weight excluding hydrogens is 464 g/mol. The number of ether oxygens (including phenoxy) is 3. The van der Waals surface area contributed by atoms with Crippen molar-refractivity contribution in [3.05, 3.63) is 100 Å². The molecule has 178 valence electrons. The van der Waals surface area contributed by atoms with Crippen LogP contribution in [0.2, 0.25) is 5.02 Å². The Morgan fingerprint density at radius 3 is 2.54 bits per heavy atom. The number of nitrogens with zero attached hydrogens (tertiary/aromatic N) is 1. The lowest BCUT2D eigenvalue weighted by Gasteiger charge is -2.14. The van der Waals surface area contributed by atoms with Crippen LogP contribution in [0.5, 0.6) is 17.2 Å². The molecule has 0 aliphatic heterocycles. The second-order valence-corrected chi connectivity index (χ2v) is 8.27. The summed E-state index contributed by atoms with van der Waals surface area (Å²) in [5, 5.41) is 6.69. The number of benzene rings is 4. The molecular formula is C28H25ClN2O4. The van der Waals surface area contributed by atoms with Crippen LogP contribution in [0.1, 0.15) is 27.0 Å². The Morgan fingerprint density at radius 2 is 1.74 bits per heavy atom. The van der Waals surface area contributed by atoms with E-state index in [1.807, 2.05) is 37.3 Å². The molecule has 0 saturated carbocycles. The third-order valence-corrected chi connectivity index (χ3v) is 5.77. The van der Waals surface area contributed by atoms with Crippen LogP contribution in [-0.4, -0.2) is 26.3 Å². The van der Waals surface area contributed by atoms with Gasteiger partial charge in [0.15, 0.2) is 11.5 Å². The van der Waals surface area contributed by atoms with E-state index in [2.05, 4.69) is 28.7 Å². The molecule has 1 N–H and O–H groups in total. The maximum atomic E-state index is 12.5. The minimum Gasteiger partial charge on any atom is -0.496 e. The fraction of sp³-hybridized carbons (Fsp3) is 0.143. The summed E-state index contributed by atoms with van der Waals surface area (Å²) in [5.74, 6) is 1.000. The van der Waals surface area contributed by atoms with Gasteiger partial charge in [-0.3, -0.25) is 4.79 Å². The van der Waals surface area contributed by atoms with E-state index in [1.165, 1.54) is 13.3 Å². The number of hydrazone groups is 1. The maximum Gasteiger partial charge on any atom is 0.275 e. The Labute approximate surface area is 209 Å². The predicted molar refractivity (Wildman–Crippen MR) is 139 cm³/mol. The van der Waals surface area contributed by atoms with E-state index >= 15 is 0 Å². The van der Waals surface area contributed by atoms with Gasteiger partial charge >= 0.3 is 0 Å². The summed E-state index contributed by atoms with van der Waals surface area (Å²) < 4.78 is 16.9. The van der Waals surface area contributed by atoms with E-state index < -0.39 is 0 Å². The fourth-order valence-electron chi connectivity index (χ4n) is 3.73. The number of carbonyl (C=O) groups is 1. The van der Waals surface area contributed by atoms with Crippen LogP contribution in [0.4, 0.5) is 0 Å². The number of rotatable bonds is 8. The van der Waals surface area contributed by atoms with Crippen LogP contribution in [0.3, 0.4) is 0 Å². The summed E-state index contributed by atoms with van der Waals surface area (Å²) in [6.45, 7) is 2.26. The van der Waals surface area contributed by atoms with E-state index in [4.69, 9.17) is 25.8 Å². The molecule has 0 radical (unpaired) electrons. The normalized spacial score (nSPS) is 11.0. The van der Waals surface area contributed by atoms with Gasteiger partial charge in [0.05, 0.1) is 31.0 Å². The van der Waals surface area contributed by atoms with E-state index in [-0.39, 0.29) is 5.91 Å². The molecule has 0 aliphatic rings. The number of hydrogen-bond acceptors (Lipinski definition) is 5. The second kappa shape index (κ2) is 10.9. The Kier molecular flexibility index (Phi) is 7.53. The van der Waals surface area contributed by atoms with Crippen molar-refractivity contribution in [2.45, 2.75) is 13.5 Å². The van der Waals surface area contributed by atoms with Crippen LogP contribution in [0.15, 0.2) is 77.9 Å². The average Bonchev–Trinajstić information content (AvgIpc) is 2.87. The van der Waals surface area contributed by atoms with Gasteiger partial charge in [0, 0.05) is 0 Å². The minimum atomic E-state index is -0.383. The van der Waals surface area contributed by atoms with Gasteiger partial charge in [-0.15, -0.1) is 0 Å². The van der Waals surface area contributed by atoms with Crippen molar-refractivity contribution in [2.75, 3.05) is 14.2 Å². The van der Waals surface area contributed by atoms with E-state index in [0.29, 0.717) is 40.0 Å². The molecule has 0 heterocycles. The van der Waals surface area contributed by atoms with Gasteiger partial charge in [-0.1, -0.05) is 60.1 Å². The molecule has 0 fully saturated rings. The molecule has 4 rings (SSSR count). The molecule has 0 spiro atoms. The van der Waals surface area contributed by atoms with E-state index in [1.54, 1.807) is 31.4 Å². The number of nitrogens with one attached hydrogen (secondary N) is 1. The van der Waals surface area contributed by atoms with Crippen LogP contribution in [0.25, 0.3) is 10.8 Å². The Hall–Kier alpha value is -4.03. The van der Waals surface area contributed by atoms with Gasteiger partial charge in [-0.2, -0.15) is 5.10 Å². The summed E-state index contributed by atoms with van der Waals surface area (Å²) in [6.07, 6.45) is 1.49. The van der Waals surface area contributed by atoms with Crippen molar-refractivity contribution in [1.29, 1.82) is 0 Å². The smallest absolute Gasteiger partial charge is 0.275 e. The summed E-state index contributed by atoms with van der Waals surface area (Å²) in [4.78, 5) is 12.5. The first-order valence-corrected chi connectivity index (χ1v) is 11.3. The molecule has 4 aromatic carbocycles. The number of fused-ring (bicyclic) bond motifs is 1. The molecule has 0 saturated heterocycles. The summed E-state index contributed by atoms with van der Waals surface area (Å²) >= 11 is 6.52. The number of halogens is 1. The third kappa shape index (κ3) is 5.55. The lowest BCUT2D eigenvalue weighted by molar-refractivity contribution is 0.0952. The predicted octanol–water partition coefficient (Wildman–Crippen LogP) is 6.16. The van der Waals surface area contributed by atoms with E-state index in [0.717, 1.165) is 21.9 Å². The minimum absolute atomic E-state index is 0.333. The molecule has 0 unspecified atom stereocenters. The molecule has 1 amide bonds. The van der Waals surface area contributed by atoms with Crippen molar-refractivity contribution in [2.24, 2.45) is 5.10 Å². The lowest BCUT2D eigenvalue weighted by atomic mass is 10.1. The highest BCUT2D eigenvalue weighted by Gasteiger charge is 2.14. The summed E-state index contributed by atoms with van der Waals surface area (Å²) in [7, 11) is 3.07. The van der Waals surface area contributed by atoms with Crippen molar-refractivity contribution >= 4 is 34.5 Å². The molecule has 7 heteroatoms. The first kappa shape index (κ1) is 24.1. The van der Waals surface area contributed by atoms with Crippen molar-refractivity contribution in [3.8, 4) is 17.2 Å². The highest BCUT2D eigenvalue weighted by molar-refractivity contribution is 6.32. The Morgan fingerprint density at radius 1 is 0.971 bits per heavy atom. The summed E-state index contributed by atoms with van der Waals surface area (Å²) in [6, 6.07) is 23.0. The average molecular weight is 489 g/mol. The van der Waals surface area contributed by atoms with Gasteiger partial charge in [0.25, 0.3) is 5.91 Å². The molecule has 35 heavy (non-hydrogen) atoms. The van der Waals surface area contributed by atoms with Gasteiger partial charge < -0.3 is 14.2 Å². The monoisotopic (exact) mass is 488 g/mol. The highest BCUT2D eigenvalue weighted by Crippen LogP contribution is 2.37. The number of carbonyl (C=O) groups excluding carboxylic acids is 1. The molecule has 6 nitrogen and oxygen atoms in total. The zero-order chi connectivity index (χ0) is 24.8. The van der Waals surface area contributed by atoms with Crippen LogP contribution < -0.4 is 19.6 Å². The summed E-state index contributed by atoms with van der Waals surface area (Å²) in [5.41, 5.74) is 5.58. The number of hydrogen-bond donors (Lipinski definition) is 1. The topological polar surface area (TPSA) is 69.2 Å². The first-order chi connectivity index (χ1) is 17.0. The third-order valence-electron chi connectivity index (χ3n) is 5.49.